The van der Waals surface area contributed by atoms with Gasteiger partial charge in [0, 0.05) is 12.6 Å². The summed E-state index contributed by atoms with van der Waals surface area (Å²) >= 11 is 0. The second-order valence-corrected chi connectivity index (χ2v) is 6.99. The minimum absolute atomic E-state index is 0.0411. The Labute approximate surface area is 121 Å². The Balaban J connectivity index is 2.28. The molecular weight excluding hydrogens is 304 g/mol. The summed E-state index contributed by atoms with van der Waals surface area (Å²) in [4.78, 5) is 10.6. The number of sulfonamides is 1. The average Bonchev–Trinajstić information content (AvgIpc) is 2.41. The molecule has 5 nitrogen and oxygen atoms in total. The van der Waals surface area contributed by atoms with Crippen molar-refractivity contribution in [3.05, 3.63) is 29.8 Å². The summed E-state index contributed by atoms with van der Waals surface area (Å²) in [6.45, 7) is 1.64. The molecule has 1 fully saturated rings. The molecule has 1 heterocycles. The molecule has 0 spiro atoms. The Hall–Kier alpha value is -1.54. The number of rotatable bonds is 3. The minimum Gasteiger partial charge on any atom is -0.481 e. The molecule has 0 aliphatic carbocycles. The van der Waals surface area contributed by atoms with Crippen molar-refractivity contribution in [2.45, 2.75) is 30.7 Å². The molecule has 2 atom stereocenters. The van der Waals surface area contributed by atoms with E-state index >= 15 is 0 Å². The summed E-state index contributed by atoms with van der Waals surface area (Å²) in [5.74, 6) is -3.89. The minimum atomic E-state index is -3.97. The van der Waals surface area contributed by atoms with Gasteiger partial charge in [-0.05, 0) is 38.0 Å². The smallest absolute Gasteiger partial charge is 0.306 e. The lowest BCUT2D eigenvalue weighted by Gasteiger charge is -2.35. The van der Waals surface area contributed by atoms with Gasteiger partial charge in [-0.2, -0.15) is 4.31 Å². The summed E-state index contributed by atoms with van der Waals surface area (Å²) < 4.78 is 52.1. The Kier molecular flexibility index (Phi) is 4.29. The van der Waals surface area contributed by atoms with Crippen molar-refractivity contribution in [3.63, 3.8) is 0 Å². The number of carbonyl (C=O) groups is 1. The summed E-state index contributed by atoms with van der Waals surface area (Å²) in [7, 11) is -3.97. The van der Waals surface area contributed by atoms with Gasteiger partial charge in [0.25, 0.3) is 0 Å². The molecule has 2 unspecified atom stereocenters. The molecule has 116 valence electrons. The zero-order valence-electron chi connectivity index (χ0n) is 11.3. The fourth-order valence-electron chi connectivity index (χ4n) is 2.50. The van der Waals surface area contributed by atoms with Crippen LogP contribution in [-0.4, -0.2) is 36.4 Å². The van der Waals surface area contributed by atoms with Crippen molar-refractivity contribution in [3.8, 4) is 0 Å². The zero-order chi connectivity index (χ0) is 15.8. The summed E-state index contributed by atoms with van der Waals surface area (Å²) in [6.07, 6.45) is 0.390. The molecule has 1 aliphatic rings. The topological polar surface area (TPSA) is 74.7 Å². The van der Waals surface area contributed by atoms with E-state index in [1.807, 2.05) is 0 Å². The largest absolute Gasteiger partial charge is 0.481 e. The molecule has 1 aromatic carbocycles. The van der Waals surface area contributed by atoms with E-state index in [1.165, 1.54) is 0 Å². The van der Waals surface area contributed by atoms with E-state index in [-0.39, 0.29) is 24.3 Å². The molecule has 2 rings (SSSR count). The first-order valence-corrected chi connectivity index (χ1v) is 7.87. The fourth-order valence-corrected chi connectivity index (χ4v) is 4.17. The van der Waals surface area contributed by atoms with Gasteiger partial charge in [0.05, 0.1) is 10.8 Å². The van der Waals surface area contributed by atoms with Crippen LogP contribution >= 0.6 is 0 Å². The molecule has 8 heteroatoms. The standard InChI is InChI=1S/C13H15F2NO4S/c1-8-6-9(13(17)18)4-5-16(8)21(19,20)10-2-3-11(14)12(15)7-10/h2-3,7-9H,4-6H2,1H3,(H,17,18). The van der Waals surface area contributed by atoms with Crippen molar-refractivity contribution < 1.29 is 27.1 Å². The van der Waals surface area contributed by atoms with E-state index < -0.39 is 39.6 Å². The van der Waals surface area contributed by atoms with Gasteiger partial charge in [0.2, 0.25) is 10.0 Å². The average molecular weight is 319 g/mol. The molecule has 1 saturated heterocycles. The Bertz CT molecular complexity index is 662. The number of carboxylic acid groups (broad SMARTS) is 1. The van der Waals surface area contributed by atoms with Crippen LogP contribution in [-0.2, 0) is 14.8 Å². The van der Waals surface area contributed by atoms with E-state index in [0.29, 0.717) is 6.07 Å². The van der Waals surface area contributed by atoms with Crippen molar-refractivity contribution in [2.24, 2.45) is 5.92 Å². The van der Waals surface area contributed by atoms with E-state index in [0.717, 1.165) is 16.4 Å². The van der Waals surface area contributed by atoms with Crippen molar-refractivity contribution in [2.75, 3.05) is 6.54 Å². The molecule has 1 aliphatic heterocycles. The lowest BCUT2D eigenvalue weighted by Crippen LogP contribution is -2.45. The first-order chi connectivity index (χ1) is 9.73. The van der Waals surface area contributed by atoms with Gasteiger partial charge in [-0.25, -0.2) is 17.2 Å². The fraction of sp³-hybridized carbons (Fsp3) is 0.462. The first-order valence-electron chi connectivity index (χ1n) is 6.43. The van der Waals surface area contributed by atoms with Gasteiger partial charge in [-0.1, -0.05) is 0 Å². The van der Waals surface area contributed by atoms with E-state index in [9.17, 15) is 22.0 Å². The lowest BCUT2D eigenvalue weighted by atomic mass is 9.93. The van der Waals surface area contributed by atoms with Gasteiger partial charge in [-0.3, -0.25) is 4.79 Å². The first kappa shape index (κ1) is 15.8. The molecule has 0 aromatic heterocycles. The summed E-state index contributed by atoms with van der Waals surface area (Å²) in [5.41, 5.74) is 0. The van der Waals surface area contributed by atoms with Gasteiger partial charge in [0.1, 0.15) is 0 Å². The maximum absolute atomic E-state index is 13.2. The van der Waals surface area contributed by atoms with Gasteiger partial charge in [-0.15, -0.1) is 0 Å². The van der Waals surface area contributed by atoms with Crippen LogP contribution in [0.5, 0.6) is 0 Å². The van der Waals surface area contributed by atoms with Crippen LogP contribution in [0.2, 0.25) is 0 Å². The van der Waals surface area contributed by atoms with E-state index in [4.69, 9.17) is 5.11 Å². The molecule has 0 amide bonds. The predicted octanol–water partition coefficient (Wildman–Crippen LogP) is 1.84. The maximum atomic E-state index is 13.2. The van der Waals surface area contributed by atoms with Crippen LogP contribution in [0.15, 0.2) is 23.1 Å². The molecule has 1 N–H and O–H groups in total. The third kappa shape index (κ3) is 3.06. The molecule has 0 bridgehead atoms. The number of halogens is 2. The third-order valence-corrected chi connectivity index (χ3v) is 5.67. The highest BCUT2D eigenvalue weighted by Gasteiger charge is 2.37. The van der Waals surface area contributed by atoms with Gasteiger partial charge < -0.3 is 5.11 Å². The number of carboxylic acids is 1. The maximum Gasteiger partial charge on any atom is 0.306 e. The zero-order valence-corrected chi connectivity index (χ0v) is 12.1. The van der Waals surface area contributed by atoms with Crippen LogP contribution in [0.25, 0.3) is 0 Å². The number of hydrogen-bond acceptors (Lipinski definition) is 3. The summed E-state index contributed by atoms with van der Waals surface area (Å²) in [6, 6.07) is 1.89. The highest BCUT2D eigenvalue weighted by atomic mass is 32.2. The normalized spacial score (nSPS) is 24.0. The van der Waals surface area contributed by atoms with Crippen molar-refractivity contribution in [1.29, 1.82) is 0 Å². The Morgan fingerprint density at radius 2 is 2.00 bits per heavy atom. The second kappa shape index (κ2) is 5.69. The number of nitrogens with zero attached hydrogens (tertiary/aromatic N) is 1. The van der Waals surface area contributed by atoms with E-state index in [1.54, 1.807) is 6.92 Å². The second-order valence-electron chi connectivity index (χ2n) is 5.10. The van der Waals surface area contributed by atoms with Crippen LogP contribution in [0.3, 0.4) is 0 Å². The monoisotopic (exact) mass is 319 g/mol. The molecule has 21 heavy (non-hydrogen) atoms. The van der Waals surface area contributed by atoms with Crippen LogP contribution in [0, 0.1) is 17.6 Å². The number of aliphatic carboxylic acids is 1. The molecule has 0 radical (unpaired) electrons. The quantitative estimate of drug-likeness (QED) is 0.922. The Morgan fingerprint density at radius 3 is 2.52 bits per heavy atom. The Morgan fingerprint density at radius 1 is 1.33 bits per heavy atom. The van der Waals surface area contributed by atoms with Gasteiger partial charge >= 0.3 is 5.97 Å². The number of benzene rings is 1. The van der Waals surface area contributed by atoms with Crippen molar-refractivity contribution >= 4 is 16.0 Å². The molecule has 0 saturated carbocycles. The van der Waals surface area contributed by atoms with Crippen LogP contribution in [0.4, 0.5) is 8.78 Å². The highest BCUT2D eigenvalue weighted by molar-refractivity contribution is 7.89. The number of piperidine rings is 1. The van der Waals surface area contributed by atoms with Crippen LogP contribution < -0.4 is 0 Å². The third-order valence-electron chi connectivity index (χ3n) is 3.66. The van der Waals surface area contributed by atoms with Crippen LogP contribution in [0.1, 0.15) is 19.8 Å². The van der Waals surface area contributed by atoms with Crippen molar-refractivity contribution in [1.82, 2.24) is 4.31 Å². The van der Waals surface area contributed by atoms with Gasteiger partial charge in [0.15, 0.2) is 11.6 Å². The highest BCUT2D eigenvalue weighted by Crippen LogP contribution is 2.29. The predicted molar refractivity (Wildman–Crippen MR) is 70.1 cm³/mol. The SMILES string of the molecule is CC1CC(C(=O)O)CCN1S(=O)(=O)c1ccc(F)c(F)c1. The van der Waals surface area contributed by atoms with E-state index in [2.05, 4.69) is 0 Å². The lowest BCUT2D eigenvalue weighted by molar-refractivity contribution is -0.143. The number of hydrogen-bond donors (Lipinski definition) is 1. The summed E-state index contributed by atoms with van der Waals surface area (Å²) in [5, 5.41) is 8.97. The molecular formula is C13H15F2NO4S. The molecule has 1 aromatic rings.